The lowest BCUT2D eigenvalue weighted by molar-refractivity contribution is 0.0754. The molecular formula is C24H29N5O2S. The molecule has 0 saturated carbocycles. The molecule has 2 aromatic heterocycles. The van der Waals surface area contributed by atoms with E-state index in [1.807, 2.05) is 43.3 Å². The number of aromatic nitrogens is 1. The summed E-state index contributed by atoms with van der Waals surface area (Å²) in [6.07, 6.45) is 2.49. The number of pyridine rings is 1. The number of anilines is 2. The fourth-order valence-corrected chi connectivity index (χ4v) is 4.61. The first kappa shape index (κ1) is 22.1. The van der Waals surface area contributed by atoms with E-state index in [1.54, 1.807) is 23.6 Å². The number of amides is 1. The first-order chi connectivity index (χ1) is 15.5. The van der Waals surface area contributed by atoms with Crippen LogP contribution < -0.4 is 20.7 Å². The van der Waals surface area contributed by atoms with E-state index in [4.69, 9.17) is 10.5 Å². The van der Waals surface area contributed by atoms with Gasteiger partial charge in [0.05, 0.1) is 11.3 Å². The number of hydrogen-bond acceptors (Lipinski definition) is 7. The summed E-state index contributed by atoms with van der Waals surface area (Å²) in [5.41, 5.74) is 8.30. The van der Waals surface area contributed by atoms with Crippen LogP contribution in [0.1, 0.15) is 33.3 Å². The number of fused-ring (bicyclic) bond motifs is 1. The molecule has 3 heterocycles. The lowest BCUT2D eigenvalue weighted by Crippen LogP contribution is -2.33. The molecule has 0 spiro atoms. The highest BCUT2D eigenvalue weighted by atomic mass is 32.1. The summed E-state index contributed by atoms with van der Waals surface area (Å²) in [5.74, 6) is 1.22. The molecule has 168 valence electrons. The largest absolute Gasteiger partial charge is 0.485 e. The van der Waals surface area contributed by atoms with Crippen LogP contribution in [0.3, 0.4) is 0 Å². The Bertz CT molecular complexity index is 1040. The third-order valence-corrected chi connectivity index (χ3v) is 6.59. The van der Waals surface area contributed by atoms with Crippen LogP contribution in [0.4, 0.5) is 11.5 Å². The predicted octanol–water partition coefficient (Wildman–Crippen LogP) is 3.55. The lowest BCUT2D eigenvalue weighted by atomic mass is 10.1. The van der Waals surface area contributed by atoms with Crippen molar-refractivity contribution in [3.8, 4) is 5.75 Å². The van der Waals surface area contributed by atoms with Crippen LogP contribution in [0, 0.1) is 0 Å². The average molecular weight is 452 g/mol. The van der Waals surface area contributed by atoms with Gasteiger partial charge in [0.15, 0.2) is 0 Å². The molecule has 0 bridgehead atoms. The monoisotopic (exact) mass is 451 g/mol. The molecule has 3 aromatic rings. The number of nitrogen functional groups attached to an aromatic ring is 1. The van der Waals surface area contributed by atoms with Crippen LogP contribution in [0.5, 0.6) is 5.75 Å². The Balaban J connectivity index is 1.45. The third-order valence-electron chi connectivity index (χ3n) is 5.63. The van der Waals surface area contributed by atoms with Gasteiger partial charge in [-0.25, -0.2) is 4.98 Å². The van der Waals surface area contributed by atoms with E-state index < -0.39 is 0 Å². The predicted molar refractivity (Wildman–Crippen MR) is 129 cm³/mol. The van der Waals surface area contributed by atoms with Gasteiger partial charge in [0, 0.05) is 50.2 Å². The Kier molecular flexibility index (Phi) is 6.92. The molecule has 32 heavy (non-hydrogen) atoms. The van der Waals surface area contributed by atoms with Gasteiger partial charge in [-0.1, -0.05) is 18.2 Å². The topological polar surface area (TPSA) is 83.7 Å². The van der Waals surface area contributed by atoms with Crippen molar-refractivity contribution in [1.82, 2.24) is 15.2 Å². The maximum atomic E-state index is 13.1. The van der Waals surface area contributed by atoms with E-state index in [0.717, 1.165) is 36.5 Å². The number of nitrogens with one attached hydrogen (secondary N) is 1. The zero-order valence-electron chi connectivity index (χ0n) is 18.5. The number of ether oxygens (including phenoxy) is 1. The summed E-state index contributed by atoms with van der Waals surface area (Å²) < 4.78 is 6.28. The van der Waals surface area contributed by atoms with Crippen LogP contribution in [0.25, 0.3) is 0 Å². The van der Waals surface area contributed by atoms with Crippen molar-refractivity contribution in [3.63, 3.8) is 0 Å². The molecule has 0 unspecified atom stereocenters. The van der Waals surface area contributed by atoms with Crippen LogP contribution in [0.2, 0.25) is 0 Å². The second kappa shape index (κ2) is 10.0. The molecular weight excluding hydrogens is 422 g/mol. The van der Waals surface area contributed by atoms with Crippen molar-refractivity contribution in [2.24, 2.45) is 0 Å². The highest BCUT2D eigenvalue weighted by molar-refractivity contribution is 7.10. The molecule has 1 aromatic carbocycles. The van der Waals surface area contributed by atoms with Gasteiger partial charge in [-0.05, 0) is 42.7 Å². The highest BCUT2D eigenvalue weighted by Crippen LogP contribution is 2.29. The van der Waals surface area contributed by atoms with Crippen molar-refractivity contribution in [2.45, 2.75) is 19.1 Å². The van der Waals surface area contributed by atoms with Crippen LogP contribution in [-0.4, -0.2) is 49.5 Å². The number of carbonyl (C=O) groups is 1. The lowest BCUT2D eigenvalue weighted by Gasteiger charge is -2.22. The molecule has 0 fully saturated rings. The van der Waals surface area contributed by atoms with Crippen LogP contribution >= 0.6 is 11.3 Å². The molecule has 1 aliphatic rings. The Morgan fingerprint density at radius 2 is 2.06 bits per heavy atom. The molecule has 3 N–H and O–H groups in total. The Morgan fingerprint density at radius 3 is 2.78 bits per heavy atom. The molecule has 0 radical (unpaired) electrons. The number of rotatable bonds is 8. The minimum Gasteiger partial charge on any atom is -0.485 e. The highest BCUT2D eigenvalue weighted by Gasteiger charge is 2.25. The molecule has 1 aliphatic heterocycles. The molecule has 8 heteroatoms. The van der Waals surface area contributed by atoms with Crippen molar-refractivity contribution >= 4 is 28.7 Å². The zero-order valence-corrected chi connectivity index (χ0v) is 19.3. The second-order valence-corrected chi connectivity index (χ2v) is 8.91. The third kappa shape index (κ3) is 5.03. The van der Waals surface area contributed by atoms with Gasteiger partial charge in [0.2, 0.25) is 0 Å². The molecule has 0 saturated heterocycles. The zero-order chi connectivity index (χ0) is 22.5. The maximum Gasteiger partial charge on any atom is 0.257 e. The van der Waals surface area contributed by atoms with Gasteiger partial charge in [0.25, 0.3) is 5.91 Å². The standard InChI is InChI=1S/C24H29N5O2S/c1-26-10-9-21(22-4-3-13-32-22)31-18-7-5-17(6-8-18)16-29-12-11-28(2)20-14-23(25)27-15-19(20)24(29)30/h3-8,13-15,21,26H,9-12,16H2,1-2H3,(H2,25,27)/t21-/m0/s1. The summed E-state index contributed by atoms with van der Waals surface area (Å²) in [5, 5.41) is 5.27. The van der Waals surface area contributed by atoms with Crippen molar-refractivity contribution in [1.29, 1.82) is 0 Å². The smallest absolute Gasteiger partial charge is 0.257 e. The fourth-order valence-electron chi connectivity index (χ4n) is 3.82. The van der Waals surface area contributed by atoms with Crippen molar-refractivity contribution in [3.05, 3.63) is 70.0 Å². The van der Waals surface area contributed by atoms with E-state index in [0.29, 0.717) is 24.5 Å². The second-order valence-electron chi connectivity index (χ2n) is 7.93. The molecule has 4 rings (SSSR count). The van der Waals surface area contributed by atoms with E-state index >= 15 is 0 Å². The first-order valence-corrected chi connectivity index (χ1v) is 11.6. The Labute approximate surface area is 192 Å². The first-order valence-electron chi connectivity index (χ1n) is 10.7. The van der Waals surface area contributed by atoms with Gasteiger partial charge in [0.1, 0.15) is 17.7 Å². The maximum absolute atomic E-state index is 13.1. The normalized spacial score (nSPS) is 14.8. The fraction of sp³-hybridized carbons (Fsp3) is 0.333. The number of benzene rings is 1. The summed E-state index contributed by atoms with van der Waals surface area (Å²) in [7, 11) is 3.92. The SMILES string of the molecule is CNCC[C@H](Oc1ccc(CN2CCN(C)c3cc(N)ncc3C2=O)cc1)c1cccs1. The summed E-state index contributed by atoms with van der Waals surface area (Å²) in [4.78, 5) is 22.4. The molecule has 1 amide bonds. The number of hydrogen-bond donors (Lipinski definition) is 2. The molecule has 1 atom stereocenters. The van der Waals surface area contributed by atoms with E-state index in [9.17, 15) is 4.79 Å². The molecule has 7 nitrogen and oxygen atoms in total. The van der Waals surface area contributed by atoms with Gasteiger partial charge in [-0.2, -0.15) is 0 Å². The van der Waals surface area contributed by atoms with E-state index in [1.165, 1.54) is 4.88 Å². The number of likely N-dealkylation sites (N-methyl/N-ethyl adjacent to an activating group) is 1. The summed E-state index contributed by atoms with van der Waals surface area (Å²) in [6, 6.07) is 14.0. The van der Waals surface area contributed by atoms with Crippen LogP contribution in [-0.2, 0) is 6.54 Å². The minimum atomic E-state index is -0.0259. The van der Waals surface area contributed by atoms with E-state index in [2.05, 4.69) is 32.7 Å². The number of thiophene rings is 1. The van der Waals surface area contributed by atoms with Gasteiger partial charge >= 0.3 is 0 Å². The van der Waals surface area contributed by atoms with Gasteiger partial charge in [-0.3, -0.25) is 4.79 Å². The number of nitrogens with zero attached hydrogens (tertiary/aromatic N) is 3. The average Bonchev–Trinajstić information content (AvgIpc) is 3.31. The Morgan fingerprint density at radius 1 is 1.25 bits per heavy atom. The number of carbonyl (C=O) groups excluding carboxylic acids is 1. The van der Waals surface area contributed by atoms with Crippen LogP contribution in [0.15, 0.2) is 54.0 Å². The summed E-state index contributed by atoms with van der Waals surface area (Å²) in [6.45, 7) is 2.78. The van der Waals surface area contributed by atoms with Gasteiger partial charge < -0.3 is 25.6 Å². The van der Waals surface area contributed by atoms with E-state index in [-0.39, 0.29) is 12.0 Å². The number of nitrogens with two attached hydrogens (primary N) is 1. The van der Waals surface area contributed by atoms with Crippen molar-refractivity contribution < 1.29 is 9.53 Å². The quantitative estimate of drug-likeness (QED) is 0.545. The molecule has 0 aliphatic carbocycles. The van der Waals surface area contributed by atoms with Gasteiger partial charge in [-0.15, -0.1) is 11.3 Å². The minimum absolute atomic E-state index is 0.0208. The van der Waals surface area contributed by atoms with Crippen molar-refractivity contribution in [2.75, 3.05) is 44.4 Å². The Hall–Kier alpha value is -3.10. The summed E-state index contributed by atoms with van der Waals surface area (Å²) >= 11 is 1.71.